The van der Waals surface area contributed by atoms with Gasteiger partial charge in [-0.05, 0) is 43.3 Å². The number of hydrogen-bond donors (Lipinski definition) is 2. The summed E-state index contributed by atoms with van der Waals surface area (Å²) in [5.74, 6) is 2.92. The zero-order valence-corrected chi connectivity index (χ0v) is 16.7. The highest BCUT2D eigenvalue weighted by molar-refractivity contribution is 5.65. The van der Waals surface area contributed by atoms with E-state index in [1.54, 1.807) is 6.20 Å². The molecule has 0 bridgehead atoms. The summed E-state index contributed by atoms with van der Waals surface area (Å²) < 4.78 is 5.51. The van der Waals surface area contributed by atoms with Crippen molar-refractivity contribution in [1.29, 1.82) is 0 Å². The molecule has 0 aliphatic rings. The first-order chi connectivity index (χ1) is 14.8. The van der Waals surface area contributed by atoms with Crippen LogP contribution in [0.3, 0.4) is 0 Å². The summed E-state index contributed by atoms with van der Waals surface area (Å²) in [6.45, 7) is 3.19. The summed E-state index contributed by atoms with van der Waals surface area (Å²) in [5.41, 5.74) is 2.82. The van der Waals surface area contributed by atoms with Gasteiger partial charge in [-0.1, -0.05) is 36.4 Å². The Balaban J connectivity index is 1.59. The molecule has 0 radical (unpaired) electrons. The molecule has 0 unspecified atom stereocenters. The van der Waals surface area contributed by atoms with Crippen LogP contribution in [-0.4, -0.2) is 21.6 Å². The Bertz CT molecular complexity index is 1070. The molecule has 0 saturated carbocycles. The summed E-state index contributed by atoms with van der Waals surface area (Å²) in [7, 11) is 0. The maximum Gasteiger partial charge on any atom is 0.163 e. The minimum absolute atomic E-state index is 0.578. The van der Waals surface area contributed by atoms with Crippen LogP contribution in [0.15, 0.2) is 85.1 Å². The van der Waals surface area contributed by atoms with Gasteiger partial charge in [0, 0.05) is 23.5 Å². The molecule has 6 nitrogen and oxygen atoms in total. The molecule has 0 spiro atoms. The largest absolute Gasteiger partial charge is 0.494 e. The number of nitrogens with zero attached hydrogens (tertiary/aromatic N) is 3. The lowest BCUT2D eigenvalue weighted by Gasteiger charge is -2.12. The second-order valence-corrected chi connectivity index (χ2v) is 6.59. The smallest absolute Gasteiger partial charge is 0.163 e. The minimum Gasteiger partial charge on any atom is -0.494 e. The number of anilines is 3. The summed E-state index contributed by atoms with van der Waals surface area (Å²) in [4.78, 5) is 13.7. The van der Waals surface area contributed by atoms with Gasteiger partial charge in [-0.3, -0.25) is 4.98 Å². The van der Waals surface area contributed by atoms with Gasteiger partial charge in [-0.2, -0.15) is 0 Å². The Morgan fingerprint density at radius 2 is 1.60 bits per heavy atom. The van der Waals surface area contributed by atoms with E-state index in [0.29, 0.717) is 24.8 Å². The first-order valence-electron chi connectivity index (χ1n) is 9.88. The Morgan fingerprint density at radius 1 is 0.833 bits per heavy atom. The van der Waals surface area contributed by atoms with Crippen LogP contribution in [0.25, 0.3) is 11.4 Å². The second-order valence-electron chi connectivity index (χ2n) is 6.59. The number of rotatable bonds is 8. The van der Waals surface area contributed by atoms with Crippen LogP contribution in [0, 0.1) is 0 Å². The third kappa shape index (κ3) is 5.11. The Morgan fingerprint density at radius 3 is 2.33 bits per heavy atom. The third-order valence-corrected chi connectivity index (χ3v) is 4.37. The van der Waals surface area contributed by atoms with Crippen molar-refractivity contribution < 1.29 is 4.74 Å². The minimum atomic E-state index is 0.578. The van der Waals surface area contributed by atoms with Crippen LogP contribution in [0.5, 0.6) is 5.75 Å². The van der Waals surface area contributed by atoms with Crippen molar-refractivity contribution in [2.24, 2.45) is 0 Å². The first-order valence-corrected chi connectivity index (χ1v) is 9.88. The molecule has 0 fully saturated rings. The first kappa shape index (κ1) is 19.4. The van der Waals surface area contributed by atoms with E-state index in [2.05, 4.69) is 20.6 Å². The van der Waals surface area contributed by atoms with Crippen molar-refractivity contribution in [3.05, 3.63) is 90.8 Å². The van der Waals surface area contributed by atoms with Gasteiger partial charge in [0.1, 0.15) is 17.4 Å². The van der Waals surface area contributed by atoms with E-state index < -0.39 is 0 Å². The molecule has 2 aromatic heterocycles. The summed E-state index contributed by atoms with van der Waals surface area (Å²) in [6, 6.07) is 25.5. The SMILES string of the molecule is CCOc1ccc(Nc2cc(NCc3ccccn3)nc(-c3ccccc3)n2)cc1. The Labute approximate surface area is 176 Å². The monoisotopic (exact) mass is 397 g/mol. The maximum atomic E-state index is 5.51. The highest BCUT2D eigenvalue weighted by atomic mass is 16.5. The molecule has 0 amide bonds. The van der Waals surface area contributed by atoms with Gasteiger partial charge in [-0.25, -0.2) is 9.97 Å². The van der Waals surface area contributed by atoms with Crippen LogP contribution in [0.4, 0.5) is 17.3 Å². The highest BCUT2D eigenvalue weighted by Crippen LogP contribution is 2.24. The van der Waals surface area contributed by atoms with Crippen LogP contribution < -0.4 is 15.4 Å². The lowest BCUT2D eigenvalue weighted by Crippen LogP contribution is -2.06. The molecule has 2 heterocycles. The van der Waals surface area contributed by atoms with Crippen LogP contribution in [0.1, 0.15) is 12.6 Å². The van der Waals surface area contributed by atoms with Crippen molar-refractivity contribution in [1.82, 2.24) is 15.0 Å². The average molecular weight is 397 g/mol. The molecular formula is C24H23N5O. The van der Waals surface area contributed by atoms with Crippen molar-refractivity contribution in [3.63, 3.8) is 0 Å². The topological polar surface area (TPSA) is 72.0 Å². The lowest BCUT2D eigenvalue weighted by molar-refractivity contribution is 0.340. The molecule has 150 valence electrons. The molecule has 2 aromatic carbocycles. The van der Waals surface area contributed by atoms with Gasteiger partial charge in [0.15, 0.2) is 5.82 Å². The van der Waals surface area contributed by atoms with Crippen molar-refractivity contribution in [2.45, 2.75) is 13.5 Å². The quantitative estimate of drug-likeness (QED) is 0.421. The molecule has 0 aliphatic heterocycles. The third-order valence-electron chi connectivity index (χ3n) is 4.37. The van der Waals surface area contributed by atoms with E-state index in [1.807, 2.05) is 85.8 Å². The molecule has 4 aromatic rings. The molecule has 0 atom stereocenters. The number of hydrogen-bond acceptors (Lipinski definition) is 6. The van der Waals surface area contributed by atoms with Gasteiger partial charge in [0.25, 0.3) is 0 Å². The summed E-state index contributed by atoms with van der Waals surface area (Å²) >= 11 is 0. The number of benzene rings is 2. The number of ether oxygens (including phenoxy) is 1. The molecular weight excluding hydrogens is 374 g/mol. The zero-order valence-electron chi connectivity index (χ0n) is 16.7. The number of aromatic nitrogens is 3. The fraction of sp³-hybridized carbons (Fsp3) is 0.125. The van der Waals surface area contributed by atoms with Gasteiger partial charge >= 0.3 is 0 Å². The maximum absolute atomic E-state index is 5.51. The lowest BCUT2D eigenvalue weighted by atomic mass is 10.2. The average Bonchev–Trinajstić information content (AvgIpc) is 2.80. The highest BCUT2D eigenvalue weighted by Gasteiger charge is 2.08. The van der Waals surface area contributed by atoms with Gasteiger partial charge in [0.2, 0.25) is 0 Å². The van der Waals surface area contributed by atoms with E-state index >= 15 is 0 Å². The molecule has 2 N–H and O–H groups in total. The molecule has 0 saturated heterocycles. The van der Waals surface area contributed by atoms with Gasteiger partial charge < -0.3 is 15.4 Å². The van der Waals surface area contributed by atoms with Crippen LogP contribution in [0.2, 0.25) is 0 Å². The van der Waals surface area contributed by atoms with Gasteiger partial charge in [-0.15, -0.1) is 0 Å². The Hall–Kier alpha value is -3.93. The van der Waals surface area contributed by atoms with Crippen molar-refractivity contribution in [2.75, 3.05) is 17.2 Å². The van der Waals surface area contributed by atoms with Crippen LogP contribution in [-0.2, 0) is 6.54 Å². The molecule has 4 rings (SSSR count). The fourth-order valence-corrected chi connectivity index (χ4v) is 2.95. The van der Waals surface area contributed by atoms with Crippen molar-refractivity contribution in [3.8, 4) is 17.1 Å². The molecule has 0 aliphatic carbocycles. The van der Waals surface area contributed by atoms with Crippen molar-refractivity contribution >= 4 is 17.3 Å². The summed E-state index contributed by atoms with van der Waals surface area (Å²) in [6.07, 6.45) is 1.78. The zero-order chi connectivity index (χ0) is 20.6. The molecule has 30 heavy (non-hydrogen) atoms. The van der Waals surface area contributed by atoms with E-state index in [-0.39, 0.29) is 0 Å². The standard InChI is InChI=1S/C24H23N5O/c1-2-30-21-13-11-19(12-14-21)27-23-16-22(26-17-20-10-6-7-15-25-20)28-24(29-23)18-8-4-3-5-9-18/h3-16H,2,17H2,1H3,(H2,26,27,28,29). The van der Waals surface area contributed by atoms with Gasteiger partial charge in [0.05, 0.1) is 18.8 Å². The number of pyridine rings is 1. The summed E-state index contributed by atoms with van der Waals surface area (Å²) in [5, 5.41) is 6.71. The Kier molecular flexibility index (Phi) is 6.15. The predicted octanol–water partition coefficient (Wildman–Crippen LogP) is 5.29. The van der Waals surface area contributed by atoms with E-state index in [4.69, 9.17) is 9.72 Å². The molecule has 6 heteroatoms. The normalized spacial score (nSPS) is 10.4. The number of nitrogens with one attached hydrogen (secondary N) is 2. The van der Waals surface area contributed by atoms with Crippen LogP contribution >= 0.6 is 0 Å². The second kappa shape index (κ2) is 9.52. The fourth-order valence-electron chi connectivity index (χ4n) is 2.95. The van der Waals surface area contributed by atoms with E-state index in [9.17, 15) is 0 Å². The van der Waals surface area contributed by atoms with E-state index in [0.717, 1.165) is 28.5 Å². The van der Waals surface area contributed by atoms with E-state index in [1.165, 1.54) is 0 Å². The predicted molar refractivity (Wildman–Crippen MR) is 120 cm³/mol.